The third-order valence-corrected chi connectivity index (χ3v) is 4.18. The fourth-order valence-electron chi connectivity index (χ4n) is 2.50. The van der Waals surface area contributed by atoms with Gasteiger partial charge in [-0.05, 0) is 25.1 Å². The molecule has 2 aromatic heterocycles. The highest BCUT2D eigenvalue weighted by molar-refractivity contribution is 7.89. The van der Waals surface area contributed by atoms with Gasteiger partial charge in [-0.15, -0.1) is 0 Å². The highest BCUT2D eigenvalue weighted by Gasteiger charge is 2.31. The number of nitrogens with one attached hydrogen (secondary N) is 1. The maximum absolute atomic E-state index is 13.0. The van der Waals surface area contributed by atoms with Crippen molar-refractivity contribution in [2.45, 2.75) is 13.1 Å². The van der Waals surface area contributed by atoms with Gasteiger partial charge in [-0.25, -0.2) is 18.1 Å². The van der Waals surface area contributed by atoms with E-state index in [1.54, 1.807) is 0 Å². The number of benzene rings is 1. The van der Waals surface area contributed by atoms with Crippen molar-refractivity contribution in [3.05, 3.63) is 47.2 Å². The Balaban J connectivity index is 2.20. The van der Waals surface area contributed by atoms with Gasteiger partial charge in [0.05, 0.1) is 34.2 Å². The number of carbonyl (C=O) groups is 1. The van der Waals surface area contributed by atoms with Crippen LogP contribution < -0.4 is 4.72 Å². The number of rotatable bonds is 3. The van der Waals surface area contributed by atoms with Crippen LogP contribution in [0.15, 0.2) is 34.9 Å². The minimum atomic E-state index is -4.56. The highest BCUT2D eigenvalue weighted by atomic mass is 32.2. The van der Waals surface area contributed by atoms with Crippen molar-refractivity contribution in [1.82, 2.24) is 14.9 Å². The van der Waals surface area contributed by atoms with Crippen LogP contribution in [-0.4, -0.2) is 30.7 Å². The van der Waals surface area contributed by atoms with Crippen LogP contribution in [0.2, 0.25) is 0 Å². The average molecular weight is 399 g/mol. The second-order valence-electron chi connectivity index (χ2n) is 5.79. The monoisotopic (exact) mass is 399 g/mol. The number of nitrogens with zero attached hydrogens (tertiary/aromatic N) is 2. The normalized spacial score (nSPS) is 12.3. The number of fused-ring (bicyclic) bond motifs is 1. The largest absolute Gasteiger partial charge is 0.416 e. The second-order valence-corrected chi connectivity index (χ2v) is 7.53. The topological polar surface area (TPSA) is 102 Å². The summed E-state index contributed by atoms with van der Waals surface area (Å²) in [6.45, 7) is 1.52. The molecule has 0 radical (unpaired) electrons. The number of sulfonamides is 1. The zero-order chi connectivity index (χ0) is 20.0. The first-order valence-electron chi connectivity index (χ1n) is 7.42. The molecule has 0 fully saturated rings. The molecule has 0 saturated carbocycles. The predicted octanol–water partition coefficient (Wildman–Crippen LogP) is 2.91. The Hall–Kier alpha value is -2.95. The van der Waals surface area contributed by atoms with Gasteiger partial charge in [-0.1, -0.05) is 17.3 Å². The van der Waals surface area contributed by atoms with Gasteiger partial charge in [0.1, 0.15) is 0 Å². The Bertz CT molecular complexity index is 1150. The summed E-state index contributed by atoms with van der Waals surface area (Å²) in [5.41, 5.74) is -0.750. The lowest BCUT2D eigenvalue weighted by molar-refractivity contribution is -0.137. The molecular weight excluding hydrogens is 387 g/mol. The summed E-state index contributed by atoms with van der Waals surface area (Å²) in [6, 6.07) is 5.55. The fraction of sp³-hybridized carbons (Fsp3) is 0.188. The Morgan fingerprint density at radius 1 is 1.22 bits per heavy atom. The number of aromatic nitrogens is 2. The summed E-state index contributed by atoms with van der Waals surface area (Å²) in [6.07, 6.45) is -3.75. The maximum Gasteiger partial charge on any atom is 0.416 e. The maximum atomic E-state index is 13.0. The van der Waals surface area contributed by atoms with E-state index >= 15 is 0 Å². The lowest BCUT2D eigenvalue weighted by atomic mass is 10.0. The summed E-state index contributed by atoms with van der Waals surface area (Å²) in [4.78, 5) is 16.5. The summed E-state index contributed by atoms with van der Waals surface area (Å²) in [7, 11) is -3.86. The van der Waals surface area contributed by atoms with Crippen molar-refractivity contribution in [1.29, 1.82) is 0 Å². The minimum Gasteiger partial charge on any atom is -0.335 e. The van der Waals surface area contributed by atoms with Gasteiger partial charge in [0, 0.05) is 5.56 Å². The van der Waals surface area contributed by atoms with Crippen molar-refractivity contribution in [3.63, 3.8) is 0 Å². The van der Waals surface area contributed by atoms with E-state index in [2.05, 4.69) is 10.1 Å². The Labute approximate surface area is 151 Å². The van der Waals surface area contributed by atoms with Crippen molar-refractivity contribution < 1.29 is 30.9 Å². The van der Waals surface area contributed by atoms with Gasteiger partial charge in [-0.3, -0.25) is 4.79 Å². The quantitative estimate of drug-likeness (QED) is 0.727. The van der Waals surface area contributed by atoms with E-state index in [0.717, 1.165) is 18.4 Å². The number of hydrogen-bond acceptors (Lipinski definition) is 6. The van der Waals surface area contributed by atoms with E-state index in [4.69, 9.17) is 4.52 Å². The molecule has 2 heterocycles. The zero-order valence-electron chi connectivity index (χ0n) is 14.0. The summed E-state index contributed by atoms with van der Waals surface area (Å²) in [5.74, 6) is -0.968. The summed E-state index contributed by atoms with van der Waals surface area (Å²) < 4.78 is 68.4. The van der Waals surface area contributed by atoms with Crippen molar-refractivity contribution in [2.75, 3.05) is 6.26 Å². The minimum absolute atomic E-state index is 0.00315. The van der Waals surface area contributed by atoms with Gasteiger partial charge in [-0.2, -0.15) is 13.2 Å². The number of alkyl halides is 3. The molecule has 0 aliphatic carbocycles. The fourth-order valence-corrected chi connectivity index (χ4v) is 2.95. The molecule has 0 aliphatic heterocycles. The third kappa shape index (κ3) is 3.92. The SMILES string of the molecule is Cc1noc2nc(-c3cccc(C(F)(F)F)c3)cc(C(=O)NS(C)(=O)=O)c12. The summed E-state index contributed by atoms with van der Waals surface area (Å²) in [5, 5.41) is 3.85. The Morgan fingerprint density at radius 3 is 2.56 bits per heavy atom. The first-order valence-corrected chi connectivity index (χ1v) is 9.31. The van der Waals surface area contributed by atoms with Crippen LogP contribution in [0.5, 0.6) is 0 Å². The Morgan fingerprint density at radius 2 is 1.93 bits per heavy atom. The third-order valence-electron chi connectivity index (χ3n) is 3.63. The van der Waals surface area contributed by atoms with Crippen molar-refractivity contribution in [3.8, 4) is 11.3 Å². The molecule has 11 heteroatoms. The van der Waals surface area contributed by atoms with E-state index in [-0.39, 0.29) is 33.6 Å². The molecule has 0 spiro atoms. The van der Waals surface area contributed by atoms with Gasteiger partial charge >= 0.3 is 6.18 Å². The van der Waals surface area contributed by atoms with Gasteiger partial charge < -0.3 is 4.52 Å². The smallest absolute Gasteiger partial charge is 0.335 e. The number of halogens is 3. The first-order chi connectivity index (χ1) is 12.5. The first kappa shape index (κ1) is 18.8. The molecular formula is C16H12F3N3O4S. The Kier molecular flexibility index (Phi) is 4.42. The van der Waals surface area contributed by atoms with Crippen LogP contribution in [0, 0.1) is 6.92 Å². The molecule has 0 atom stereocenters. The van der Waals surface area contributed by atoms with Crippen LogP contribution in [0.1, 0.15) is 21.6 Å². The number of aryl methyl sites for hydroxylation is 1. The number of pyridine rings is 1. The summed E-state index contributed by atoms with van der Waals surface area (Å²) >= 11 is 0. The lowest BCUT2D eigenvalue weighted by Gasteiger charge is -2.10. The average Bonchev–Trinajstić information content (AvgIpc) is 2.93. The van der Waals surface area contributed by atoms with E-state index in [9.17, 15) is 26.4 Å². The molecule has 1 N–H and O–H groups in total. The lowest BCUT2D eigenvalue weighted by Crippen LogP contribution is -2.29. The number of hydrogen-bond donors (Lipinski definition) is 1. The van der Waals surface area contributed by atoms with E-state index in [1.165, 1.54) is 25.1 Å². The number of carbonyl (C=O) groups excluding carboxylic acids is 1. The van der Waals surface area contributed by atoms with Crippen LogP contribution in [0.25, 0.3) is 22.4 Å². The van der Waals surface area contributed by atoms with Crippen LogP contribution in [-0.2, 0) is 16.2 Å². The molecule has 27 heavy (non-hydrogen) atoms. The van der Waals surface area contributed by atoms with E-state index in [1.807, 2.05) is 4.72 Å². The zero-order valence-corrected chi connectivity index (χ0v) is 14.8. The van der Waals surface area contributed by atoms with Gasteiger partial charge in [0.2, 0.25) is 10.0 Å². The van der Waals surface area contributed by atoms with Crippen LogP contribution in [0.4, 0.5) is 13.2 Å². The van der Waals surface area contributed by atoms with Crippen molar-refractivity contribution >= 4 is 27.0 Å². The molecule has 0 aliphatic rings. The molecule has 1 aromatic carbocycles. The van der Waals surface area contributed by atoms with E-state index < -0.39 is 27.7 Å². The van der Waals surface area contributed by atoms with Crippen LogP contribution >= 0.6 is 0 Å². The highest BCUT2D eigenvalue weighted by Crippen LogP contribution is 2.33. The molecule has 1 amide bonds. The second kappa shape index (κ2) is 6.34. The molecule has 3 aromatic rings. The standard InChI is InChI=1S/C16H12F3N3O4S/c1-8-13-11(14(23)22-27(2,24)25)7-12(20-15(13)26-21-8)9-4-3-5-10(6-9)16(17,18)19/h3-7H,1-2H3,(H,22,23). The molecule has 0 bridgehead atoms. The van der Waals surface area contributed by atoms with Gasteiger partial charge in [0.15, 0.2) is 0 Å². The number of amides is 1. The van der Waals surface area contributed by atoms with Gasteiger partial charge in [0.25, 0.3) is 11.6 Å². The molecule has 7 nitrogen and oxygen atoms in total. The molecule has 3 rings (SSSR count). The molecule has 0 saturated heterocycles. The molecule has 0 unspecified atom stereocenters. The van der Waals surface area contributed by atoms with Crippen LogP contribution in [0.3, 0.4) is 0 Å². The predicted molar refractivity (Wildman–Crippen MR) is 89.3 cm³/mol. The van der Waals surface area contributed by atoms with E-state index in [0.29, 0.717) is 0 Å². The van der Waals surface area contributed by atoms with Crippen molar-refractivity contribution in [2.24, 2.45) is 0 Å². The molecule has 142 valence electrons.